The quantitative estimate of drug-likeness (QED) is 0.193. The van der Waals surface area contributed by atoms with Gasteiger partial charge in [-0.2, -0.15) is 0 Å². The Bertz CT molecular complexity index is 1390. The lowest BCUT2D eigenvalue weighted by molar-refractivity contribution is 0.131. The first-order valence-corrected chi connectivity index (χ1v) is 17.0. The standard InChI is InChI=1S/C25H28N4.C12H18BrN3/c1-2-28-15-17-29(18-16-28)20-24-14-13-23(19-26-24)27-25(21-9-5-3-6-10-21)22-11-7-4-8-12-22;1-2-15-5-7-16(8-6-15)10-12-4-3-11(13)9-14-12/h3-14,19H,2,15-18,20H2,1H3;3-4,9H,2,5-8,10H2,1H3. The number of nitrogens with zero attached hydrogens (tertiary/aromatic N) is 7. The van der Waals surface area contributed by atoms with Gasteiger partial charge in [-0.25, -0.2) is 4.99 Å². The molecule has 2 aromatic carbocycles. The van der Waals surface area contributed by atoms with Gasteiger partial charge >= 0.3 is 0 Å². The van der Waals surface area contributed by atoms with Gasteiger partial charge in [0.1, 0.15) is 0 Å². The van der Waals surface area contributed by atoms with E-state index in [-0.39, 0.29) is 0 Å². The van der Waals surface area contributed by atoms with Crippen molar-refractivity contribution >= 4 is 27.3 Å². The predicted molar refractivity (Wildman–Crippen MR) is 189 cm³/mol. The van der Waals surface area contributed by atoms with Crippen LogP contribution in [0.5, 0.6) is 0 Å². The number of aliphatic imine (C=N–C) groups is 1. The molecule has 2 aliphatic rings. The Morgan fingerprint density at radius 3 is 1.42 bits per heavy atom. The van der Waals surface area contributed by atoms with Crippen LogP contribution in [0.4, 0.5) is 5.69 Å². The van der Waals surface area contributed by atoms with E-state index >= 15 is 0 Å². The molecule has 2 aliphatic heterocycles. The van der Waals surface area contributed by atoms with Crippen molar-refractivity contribution in [2.24, 2.45) is 4.99 Å². The number of likely N-dealkylation sites (N-methyl/N-ethyl adjacent to an activating group) is 2. The molecule has 2 saturated heterocycles. The molecule has 4 aromatic rings. The fourth-order valence-electron chi connectivity index (χ4n) is 5.68. The Labute approximate surface area is 277 Å². The van der Waals surface area contributed by atoms with Crippen LogP contribution in [0.25, 0.3) is 0 Å². The van der Waals surface area contributed by atoms with Gasteiger partial charge in [-0.3, -0.25) is 19.8 Å². The summed E-state index contributed by atoms with van der Waals surface area (Å²) in [5.74, 6) is 0. The largest absolute Gasteiger partial charge is 0.301 e. The van der Waals surface area contributed by atoms with Crippen molar-refractivity contribution in [2.45, 2.75) is 26.9 Å². The van der Waals surface area contributed by atoms with E-state index in [4.69, 9.17) is 9.98 Å². The Morgan fingerprint density at radius 2 is 1.02 bits per heavy atom. The van der Waals surface area contributed by atoms with Crippen LogP contribution in [0.15, 0.2) is 107 Å². The lowest BCUT2D eigenvalue weighted by atomic mass is 10.0. The van der Waals surface area contributed by atoms with Crippen LogP contribution in [-0.2, 0) is 13.1 Å². The predicted octanol–water partition coefficient (Wildman–Crippen LogP) is 6.37. The average molecular weight is 669 g/mol. The maximum Gasteiger partial charge on any atom is 0.0820 e. The topological polar surface area (TPSA) is 51.1 Å². The number of hydrogen-bond donors (Lipinski definition) is 0. The Kier molecular flexibility index (Phi) is 12.8. The van der Waals surface area contributed by atoms with Crippen molar-refractivity contribution in [3.8, 4) is 0 Å². The van der Waals surface area contributed by atoms with E-state index < -0.39 is 0 Å². The highest BCUT2D eigenvalue weighted by Gasteiger charge is 2.17. The molecule has 7 nitrogen and oxygen atoms in total. The van der Waals surface area contributed by atoms with Gasteiger partial charge in [0.2, 0.25) is 0 Å². The van der Waals surface area contributed by atoms with Gasteiger partial charge < -0.3 is 9.80 Å². The first-order valence-electron chi connectivity index (χ1n) is 16.2. The van der Waals surface area contributed by atoms with Crippen LogP contribution in [0.1, 0.15) is 36.4 Å². The fourth-order valence-corrected chi connectivity index (χ4v) is 5.91. The van der Waals surface area contributed by atoms with Gasteiger partial charge in [0, 0.05) is 87.2 Å². The molecule has 236 valence electrons. The minimum atomic E-state index is 0.882. The molecule has 0 atom stereocenters. The van der Waals surface area contributed by atoms with Crippen LogP contribution >= 0.6 is 15.9 Å². The third-order valence-electron chi connectivity index (χ3n) is 8.53. The summed E-state index contributed by atoms with van der Waals surface area (Å²) in [5.41, 5.74) is 6.33. The zero-order valence-corrected chi connectivity index (χ0v) is 28.3. The molecule has 6 rings (SSSR count). The lowest BCUT2D eigenvalue weighted by Crippen LogP contribution is -2.45. The summed E-state index contributed by atoms with van der Waals surface area (Å²) in [6, 6.07) is 29.0. The molecular weight excluding hydrogens is 622 g/mol. The molecular formula is C37H46BrN7. The fraction of sp³-hybridized carbons (Fsp3) is 0.378. The second-order valence-electron chi connectivity index (χ2n) is 11.6. The first kappa shape index (κ1) is 33.1. The van der Waals surface area contributed by atoms with E-state index in [1.807, 2.05) is 48.8 Å². The van der Waals surface area contributed by atoms with E-state index in [1.54, 1.807) is 0 Å². The van der Waals surface area contributed by atoms with Crippen LogP contribution in [0.2, 0.25) is 0 Å². The third-order valence-corrected chi connectivity index (χ3v) is 9.00. The van der Waals surface area contributed by atoms with E-state index in [0.717, 1.165) is 97.3 Å². The summed E-state index contributed by atoms with van der Waals surface area (Å²) in [7, 11) is 0. The highest BCUT2D eigenvalue weighted by molar-refractivity contribution is 9.10. The monoisotopic (exact) mass is 667 g/mol. The molecule has 2 aromatic heterocycles. The summed E-state index contributed by atoms with van der Waals surface area (Å²) in [6.45, 7) is 17.9. The Balaban J connectivity index is 0.000000211. The van der Waals surface area contributed by atoms with E-state index in [2.05, 4.69) is 103 Å². The minimum Gasteiger partial charge on any atom is -0.301 e. The third kappa shape index (κ3) is 10.4. The van der Waals surface area contributed by atoms with Crippen molar-refractivity contribution in [2.75, 3.05) is 65.4 Å². The highest BCUT2D eigenvalue weighted by Crippen LogP contribution is 2.19. The molecule has 0 unspecified atom stereocenters. The van der Waals surface area contributed by atoms with E-state index in [1.165, 1.54) is 19.6 Å². The van der Waals surface area contributed by atoms with Gasteiger partial charge in [-0.1, -0.05) is 74.5 Å². The Morgan fingerprint density at radius 1 is 0.578 bits per heavy atom. The van der Waals surface area contributed by atoms with E-state index in [0.29, 0.717) is 0 Å². The summed E-state index contributed by atoms with van der Waals surface area (Å²) in [4.78, 5) is 24.0. The number of benzene rings is 2. The van der Waals surface area contributed by atoms with E-state index in [9.17, 15) is 0 Å². The lowest BCUT2D eigenvalue weighted by Gasteiger charge is -2.33. The molecule has 8 heteroatoms. The summed E-state index contributed by atoms with van der Waals surface area (Å²) in [6.07, 6.45) is 3.77. The second-order valence-corrected chi connectivity index (χ2v) is 12.5. The number of rotatable bonds is 9. The van der Waals surface area contributed by atoms with Crippen LogP contribution in [0.3, 0.4) is 0 Å². The SMILES string of the molecule is CCN1CCN(Cc2ccc(Br)cn2)CC1.CCN1CCN(Cc2ccc(N=C(c3ccccc3)c3ccccc3)cn2)CC1. The number of pyridine rings is 2. The number of aromatic nitrogens is 2. The van der Waals surface area contributed by atoms with Crippen molar-refractivity contribution in [3.63, 3.8) is 0 Å². The van der Waals surface area contributed by atoms with Gasteiger partial charge in [0.25, 0.3) is 0 Å². The average Bonchev–Trinajstić information content (AvgIpc) is 3.11. The van der Waals surface area contributed by atoms with Gasteiger partial charge in [-0.15, -0.1) is 0 Å². The Hall–Kier alpha value is -3.27. The van der Waals surface area contributed by atoms with Crippen molar-refractivity contribution in [1.82, 2.24) is 29.6 Å². The molecule has 0 aliphatic carbocycles. The summed E-state index contributed by atoms with van der Waals surface area (Å²) < 4.78 is 1.05. The van der Waals surface area contributed by atoms with Crippen LogP contribution in [0, 0.1) is 0 Å². The first-order chi connectivity index (χ1) is 22.1. The van der Waals surface area contributed by atoms with Crippen LogP contribution < -0.4 is 0 Å². The number of hydrogen-bond acceptors (Lipinski definition) is 7. The maximum absolute atomic E-state index is 4.94. The van der Waals surface area contributed by atoms with Gasteiger partial charge in [-0.05, 0) is 53.3 Å². The smallest absolute Gasteiger partial charge is 0.0820 e. The normalized spacial score (nSPS) is 16.5. The maximum atomic E-state index is 4.94. The molecule has 45 heavy (non-hydrogen) atoms. The van der Waals surface area contributed by atoms with Crippen LogP contribution in [-0.4, -0.2) is 101 Å². The number of piperazine rings is 2. The molecule has 2 fully saturated rings. The van der Waals surface area contributed by atoms with Crippen molar-refractivity contribution in [3.05, 3.63) is 124 Å². The number of halogens is 1. The van der Waals surface area contributed by atoms with Crippen molar-refractivity contribution in [1.29, 1.82) is 0 Å². The molecule has 0 bridgehead atoms. The summed E-state index contributed by atoms with van der Waals surface area (Å²) in [5, 5.41) is 0. The second kappa shape index (κ2) is 17.4. The molecule has 0 N–H and O–H groups in total. The highest BCUT2D eigenvalue weighted by atomic mass is 79.9. The molecule has 4 heterocycles. The molecule has 0 spiro atoms. The zero-order chi connectivity index (χ0) is 31.3. The van der Waals surface area contributed by atoms with Crippen molar-refractivity contribution < 1.29 is 0 Å². The molecule has 0 amide bonds. The minimum absolute atomic E-state index is 0.882. The summed E-state index contributed by atoms with van der Waals surface area (Å²) >= 11 is 3.41. The zero-order valence-electron chi connectivity index (χ0n) is 26.7. The van der Waals surface area contributed by atoms with Gasteiger partial charge in [0.15, 0.2) is 0 Å². The molecule has 0 radical (unpaired) electrons. The van der Waals surface area contributed by atoms with Gasteiger partial charge in [0.05, 0.1) is 29.0 Å². The molecule has 0 saturated carbocycles.